The predicted octanol–water partition coefficient (Wildman–Crippen LogP) is -0.396. The molecule has 0 bridgehead atoms. The third-order valence-corrected chi connectivity index (χ3v) is 5.61. The van der Waals surface area contributed by atoms with Crippen molar-refractivity contribution in [3.63, 3.8) is 0 Å². The van der Waals surface area contributed by atoms with Gasteiger partial charge in [-0.3, -0.25) is 4.99 Å². The lowest BCUT2D eigenvalue weighted by atomic mass is 10.0. The number of nitrogens with zero attached hydrogens (tertiary/aromatic N) is 1. The summed E-state index contributed by atoms with van der Waals surface area (Å²) in [5, 5.41) is 0.569. The molecule has 12 heavy (non-hydrogen) atoms. The van der Waals surface area contributed by atoms with Crippen LogP contribution in [0.1, 0.15) is 6.92 Å². The normalized spacial score (nSPS) is 44.1. The molecule has 2 heterocycles. The first kappa shape index (κ1) is 8.37. The zero-order valence-electron chi connectivity index (χ0n) is 6.65. The highest BCUT2D eigenvalue weighted by Gasteiger charge is 2.51. The van der Waals surface area contributed by atoms with E-state index in [0.29, 0.717) is 5.17 Å². The maximum atomic E-state index is 11.2. The largest absolute Gasteiger partial charge is 0.379 e. The molecule has 68 valence electrons. The van der Waals surface area contributed by atoms with Gasteiger partial charge in [-0.2, -0.15) is 0 Å². The van der Waals surface area contributed by atoms with Gasteiger partial charge in [-0.1, -0.05) is 11.8 Å². The van der Waals surface area contributed by atoms with E-state index in [2.05, 4.69) is 4.99 Å². The first-order valence-corrected chi connectivity index (χ1v) is 6.34. The van der Waals surface area contributed by atoms with Crippen LogP contribution in [0.4, 0.5) is 0 Å². The number of fused-ring (bicyclic) bond motifs is 1. The van der Waals surface area contributed by atoms with Gasteiger partial charge in [0.25, 0.3) is 0 Å². The molecule has 0 unspecified atom stereocenters. The number of amidine groups is 1. The van der Waals surface area contributed by atoms with Gasteiger partial charge >= 0.3 is 0 Å². The smallest absolute Gasteiger partial charge is 0.154 e. The zero-order chi connectivity index (χ0) is 8.98. The van der Waals surface area contributed by atoms with Gasteiger partial charge < -0.3 is 5.73 Å². The summed E-state index contributed by atoms with van der Waals surface area (Å²) in [6.07, 6.45) is 0. The van der Waals surface area contributed by atoms with Crippen LogP contribution in [-0.4, -0.2) is 35.9 Å². The van der Waals surface area contributed by atoms with E-state index in [9.17, 15) is 8.42 Å². The van der Waals surface area contributed by atoms with Gasteiger partial charge in [-0.15, -0.1) is 0 Å². The Hall–Kier alpha value is -0.230. The van der Waals surface area contributed by atoms with Crippen molar-refractivity contribution >= 4 is 26.8 Å². The number of aliphatic imine (C=N–C) groups is 1. The van der Waals surface area contributed by atoms with Gasteiger partial charge in [0.1, 0.15) is 0 Å². The van der Waals surface area contributed by atoms with Crippen molar-refractivity contribution in [2.24, 2.45) is 10.7 Å². The van der Waals surface area contributed by atoms with Crippen LogP contribution in [0, 0.1) is 0 Å². The van der Waals surface area contributed by atoms with Crippen molar-refractivity contribution in [1.29, 1.82) is 0 Å². The molecule has 0 aromatic carbocycles. The minimum absolute atomic E-state index is 0.0440. The van der Waals surface area contributed by atoms with Gasteiger partial charge in [-0.25, -0.2) is 8.42 Å². The Morgan fingerprint density at radius 1 is 1.75 bits per heavy atom. The topological polar surface area (TPSA) is 72.5 Å². The van der Waals surface area contributed by atoms with E-state index >= 15 is 0 Å². The summed E-state index contributed by atoms with van der Waals surface area (Å²) in [5.74, 6) is 0.372. The average molecular weight is 206 g/mol. The van der Waals surface area contributed by atoms with Crippen LogP contribution in [0.15, 0.2) is 4.99 Å². The van der Waals surface area contributed by atoms with E-state index in [1.807, 2.05) is 6.92 Å². The van der Waals surface area contributed by atoms with Crippen molar-refractivity contribution in [2.45, 2.75) is 17.7 Å². The van der Waals surface area contributed by atoms with E-state index < -0.39 is 15.4 Å². The average Bonchev–Trinajstić information content (AvgIpc) is 2.11. The lowest BCUT2D eigenvalue weighted by Gasteiger charge is -2.15. The number of hydrogen-bond acceptors (Lipinski definition) is 5. The predicted molar refractivity (Wildman–Crippen MR) is 50.1 cm³/mol. The lowest BCUT2D eigenvalue weighted by molar-refractivity contribution is 0.554. The molecule has 4 nitrogen and oxygen atoms in total. The monoisotopic (exact) mass is 206 g/mol. The first-order chi connectivity index (χ1) is 5.41. The fraction of sp³-hybridized carbons (Fsp3) is 0.833. The fourth-order valence-corrected chi connectivity index (χ4v) is 5.73. The number of nitrogens with two attached hydrogens (primary N) is 1. The maximum Gasteiger partial charge on any atom is 0.154 e. The molecule has 1 fully saturated rings. The minimum Gasteiger partial charge on any atom is -0.379 e. The second kappa shape index (κ2) is 2.17. The molecular formula is C6H10N2O2S2. The van der Waals surface area contributed by atoms with Crippen LogP contribution < -0.4 is 5.73 Å². The molecule has 6 heteroatoms. The summed E-state index contributed by atoms with van der Waals surface area (Å²) in [6.45, 7) is 1.86. The zero-order valence-corrected chi connectivity index (χ0v) is 8.28. The van der Waals surface area contributed by atoms with E-state index in [1.165, 1.54) is 11.8 Å². The molecule has 2 aliphatic rings. The van der Waals surface area contributed by atoms with Crippen LogP contribution in [0.2, 0.25) is 0 Å². The summed E-state index contributed by atoms with van der Waals surface area (Å²) in [6, 6.07) is 0. The van der Waals surface area contributed by atoms with Crippen molar-refractivity contribution in [2.75, 3.05) is 11.5 Å². The molecule has 1 saturated heterocycles. The molecule has 2 N–H and O–H groups in total. The van der Waals surface area contributed by atoms with Crippen molar-refractivity contribution in [3.05, 3.63) is 0 Å². The molecule has 2 rings (SSSR count). The molecule has 0 amide bonds. The van der Waals surface area contributed by atoms with Gasteiger partial charge in [0.05, 0.1) is 22.3 Å². The Kier molecular flexibility index (Phi) is 1.51. The third kappa shape index (κ3) is 1.13. The van der Waals surface area contributed by atoms with Crippen molar-refractivity contribution in [1.82, 2.24) is 0 Å². The summed E-state index contributed by atoms with van der Waals surface area (Å²) in [5.41, 5.74) is 5.07. The molecular weight excluding hydrogens is 196 g/mol. The van der Waals surface area contributed by atoms with Gasteiger partial charge in [-0.05, 0) is 6.92 Å². The molecule has 0 spiro atoms. The number of rotatable bonds is 0. The van der Waals surface area contributed by atoms with E-state index in [-0.39, 0.29) is 16.8 Å². The highest BCUT2D eigenvalue weighted by molar-refractivity contribution is 8.15. The van der Waals surface area contributed by atoms with Crippen LogP contribution in [0.25, 0.3) is 0 Å². The molecule has 0 saturated carbocycles. The summed E-state index contributed by atoms with van der Waals surface area (Å²) < 4.78 is 22.5. The first-order valence-electron chi connectivity index (χ1n) is 3.64. The minimum atomic E-state index is -2.87. The summed E-state index contributed by atoms with van der Waals surface area (Å²) in [4.78, 5) is 4.16. The SMILES string of the molecule is C[C@]12CS(=O)(=O)C[C@@H]1SC(N)=N2. The number of sulfone groups is 1. The van der Waals surface area contributed by atoms with Crippen LogP contribution >= 0.6 is 11.8 Å². The molecule has 0 aliphatic carbocycles. The second-order valence-electron chi connectivity index (χ2n) is 3.47. The third-order valence-electron chi connectivity index (χ3n) is 2.24. The van der Waals surface area contributed by atoms with Crippen LogP contribution in [0.5, 0.6) is 0 Å². The Bertz CT molecular complexity index is 349. The second-order valence-corrected chi connectivity index (χ2v) is 6.80. The van der Waals surface area contributed by atoms with E-state index in [4.69, 9.17) is 5.73 Å². The van der Waals surface area contributed by atoms with Crippen LogP contribution in [-0.2, 0) is 9.84 Å². The standard InChI is InChI=1S/C6H10N2O2S2/c1-6-3-12(9,10)2-4(6)11-5(7)8-6/h4H,2-3H2,1H3,(H2,7,8)/t4-,6-/m0/s1. The summed E-state index contributed by atoms with van der Waals surface area (Å²) in [7, 11) is -2.87. The van der Waals surface area contributed by atoms with Gasteiger partial charge in [0.15, 0.2) is 15.0 Å². The summed E-state index contributed by atoms with van der Waals surface area (Å²) >= 11 is 1.39. The fourth-order valence-electron chi connectivity index (χ4n) is 1.70. The van der Waals surface area contributed by atoms with Crippen LogP contribution in [0.3, 0.4) is 0 Å². The Balaban J connectivity index is 2.39. The number of thioether (sulfide) groups is 1. The van der Waals surface area contributed by atoms with Gasteiger partial charge in [0, 0.05) is 0 Å². The molecule has 2 atom stereocenters. The lowest BCUT2D eigenvalue weighted by Crippen LogP contribution is -2.30. The van der Waals surface area contributed by atoms with Crippen molar-refractivity contribution in [3.8, 4) is 0 Å². The highest BCUT2D eigenvalue weighted by Crippen LogP contribution is 2.40. The molecule has 2 aliphatic heterocycles. The Morgan fingerprint density at radius 3 is 3.00 bits per heavy atom. The van der Waals surface area contributed by atoms with E-state index in [0.717, 1.165) is 0 Å². The van der Waals surface area contributed by atoms with E-state index in [1.54, 1.807) is 0 Å². The molecule has 0 radical (unpaired) electrons. The highest BCUT2D eigenvalue weighted by atomic mass is 32.2. The molecule has 0 aromatic heterocycles. The Morgan fingerprint density at radius 2 is 2.42 bits per heavy atom. The van der Waals surface area contributed by atoms with Crippen molar-refractivity contribution < 1.29 is 8.42 Å². The Labute approximate surface area is 75.5 Å². The quantitative estimate of drug-likeness (QED) is 0.585. The number of hydrogen-bond donors (Lipinski definition) is 1. The molecule has 0 aromatic rings. The maximum absolute atomic E-state index is 11.2. The van der Waals surface area contributed by atoms with Gasteiger partial charge in [0.2, 0.25) is 0 Å².